The maximum atomic E-state index is 11.7. The van der Waals surface area contributed by atoms with Gasteiger partial charge in [-0.15, -0.1) is 35.4 Å². The van der Waals surface area contributed by atoms with Crippen molar-refractivity contribution < 1.29 is 26.2 Å². The fraction of sp³-hybridized carbons (Fsp3) is 0.228. The van der Waals surface area contributed by atoms with E-state index in [1.165, 1.54) is 27.5 Å². The molecule has 0 aliphatic carbocycles. The SMILES string of the molecule is Cc1c(C(C)(C)C)cc(-c2[c-]c(-c3cc(-c4cccc5ccccc45)cc4c3nc(-c3cc(C(C)(C)C)ccc3O)n4-c3ccc(C(C)(C)C)cc3)ccc2)c2ncccc12.[Pt]. The molecule has 9 rings (SSSR count). The first-order chi connectivity index (χ1) is 29.0. The van der Waals surface area contributed by atoms with Gasteiger partial charge in [-0.1, -0.05) is 152 Å². The van der Waals surface area contributed by atoms with Crippen LogP contribution in [0.25, 0.3) is 83.2 Å². The third-order valence-corrected chi connectivity index (χ3v) is 12.3. The van der Waals surface area contributed by atoms with E-state index in [2.05, 4.69) is 195 Å². The fourth-order valence-electron chi connectivity index (χ4n) is 8.91. The summed E-state index contributed by atoms with van der Waals surface area (Å²) < 4.78 is 2.23. The molecule has 0 aliphatic rings. The first-order valence-corrected chi connectivity index (χ1v) is 21.4. The summed E-state index contributed by atoms with van der Waals surface area (Å²) in [7, 11) is 0. The average Bonchev–Trinajstić information content (AvgIpc) is 3.61. The second-order valence-electron chi connectivity index (χ2n) is 19.7. The zero-order valence-electron chi connectivity index (χ0n) is 37.4. The van der Waals surface area contributed by atoms with Gasteiger partial charge in [0.05, 0.1) is 16.6 Å². The van der Waals surface area contributed by atoms with Crippen molar-refractivity contribution in [2.45, 2.75) is 85.5 Å². The van der Waals surface area contributed by atoms with E-state index < -0.39 is 0 Å². The van der Waals surface area contributed by atoms with Crippen LogP contribution >= 0.6 is 0 Å². The van der Waals surface area contributed by atoms with E-state index in [4.69, 9.17) is 9.97 Å². The van der Waals surface area contributed by atoms with E-state index >= 15 is 0 Å². The fourth-order valence-corrected chi connectivity index (χ4v) is 8.91. The van der Waals surface area contributed by atoms with Gasteiger partial charge in [0.2, 0.25) is 0 Å². The molecule has 62 heavy (non-hydrogen) atoms. The number of phenolic OH excluding ortho intramolecular Hbond substituents is 1. The summed E-state index contributed by atoms with van der Waals surface area (Å²) in [6, 6.07) is 51.3. The Kier molecular flexibility index (Phi) is 10.9. The Morgan fingerprint density at radius 2 is 1.18 bits per heavy atom. The minimum atomic E-state index is -0.141. The zero-order chi connectivity index (χ0) is 43.0. The van der Waals surface area contributed by atoms with Crippen LogP contribution in [0.3, 0.4) is 0 Å². The van der Waals surface area contributed by atoms with Crippen molar-refractivity contribution >= 4 is 32.7 Å². The molecule has 314 valence electrons. The molecule has 4 nitrogen and oxygen atoms in total. The number of aryl methyl sites for hydroxylation is 1. The molecule has 0 saturated carbocycles. The number of phenols is 1. The molecule has 0 fully saturated rings. The molecule has 7 aromatic carbocycles. The third-order valence-electron chi connectivity index (χ3n) is 12.3. The molecule has 0 spiro atoms. The number of rotatable bonds is 5. The first kappa shape index (κ1) is 42.8. The van der Waals surface area contributed by atoms with Crippen molar-refractivity contribution in [2.75, 3.05) is 0 Å². The van der Waals surface area contributed by atoms with Gasteiger partial charge < -0.3 is 5.11 Å². The molecule has 0 atom stereocenters. The van der Waals surface area contributed by atoms with Crippen LogP contribution in [-0.4, -0.2) is 19.6 Å². The normalized spacial score (nSPS) is 12.3. The second-order valence-corrected chi connectivity index (χ2v) is 19.7. The molecule has 5 heteroatoms. The van der Waals surface area contributed by atoms with Crippen LogP contribution in [-0.2, 0) is 37.3 Å². The van der Waals surface area contributed by atoms with Gasteiger partial charge in [-0.2, -0.15) is 0 Å². The standard InChI is InChI=1S/C57H54N3O.Pt/c1-35-43-22-15-29-58-52(43)47(34-49(35)57(8,9)10)38-19-13-18-37(30-38)46-31-39(45-21-14-17-36-16-11-12-20-44(36)45)32-50-53(46)59-54(48-33-41(56(5,6)7)25-28-51(48)61)60(50)42-26-23-40(24-27-42)55(2,3)4;/h11-29,31-34,61H,1-10H3;/q-1;. The second kappa shape index (κ2) is 15.8. The molecule has 0 aliphatic heterocycles. The van der Waals surface area contributed by atoms with E-state index in [-0.39, 0.29) is 43.1 Å². The molecular formula is C57H54N3OPt-. The maximum absolute atomic E-state index is 11.7. The predicted octanol–water partition coefficient (Wildman–Crippen LogP) is 15.1. The Morgan fingerprint density at radius 3 is 1.87 bits per heavy atom. The number of nitrogens with zero attached hydrogens (tertiary/aromatic N) is 3. The van der Waals surface area contributed by atoms with Gasteiger partial charge in [0.15, 0.2) is 0 Å². The first-order valence-electron chi connectivity index (χ1n) is 21.4. The Hall–Kier alpha value is -5.83. The van der Waals surface area contributed by atoms with Gasteiger partial charge >= 0.3 is 0 Å². The summed E-state index contributed by atoms with van der Waals surface area (Å²) in [5, 5.41) is 15.2. The van der Waals surface area contributed by atoms with Crippen molar-refractivity contribution in [1.29, 1.82) is 0 Å². The molecule has 0 amide bonds. The Bertz CT molecular complexity index is 3150. The molecule has 9 aromatic rings. The van der Waals surface area contributed by atoms with Gasteiger partial charge in [0, 0.05) is 38.5 Å². The summed E-state index contributed by atoms with van der Waals surface area (Å²) >= 11 is 0. The van der Waals surface area contributed by atoms with Crippen molar-refractivity contribution in [1.82, 2.24) is 14.5 Å². The smallest absolute Gasteiger partial charge is 0.148 e. The van der Waals surface area contributed by atoms with Crippen LogP contribution in [0.15, 0.2) is 140 Å². The summed E-state index contributed by atoms with van der Waals surface area (Å²) in [6.45, 7) is 22.4. The number of aromatic hydroxyl groups is 1. The molecule has 2 aromatic heterocycles. The minimum Gasteiger partial charge on any atom is -0.507 e. The van der Waals surface area contributed by atoms with Gasteiger partial charge in [0.1, 0.15) is 11.6 Å². The summed E-state index contributed by atoms with van der Waals surface area (Å²) in [4.78, 5) is 10.5. The van der Waals surface area contributed by atoms with Crippen molar-refractivity contribution in [2.24, 2.45) is 0 Å². The van der Waals surface area contributed by atoms with Gasteiger partial charge in [-0.25, -0.2) is 4.98 Å². The Morgan fingerprint density at radius 1 is 0.548 bits per heavy atom. The molecular weight excluding hydrogens is 938 g/mol. The quantitative estimate of drug-likeness (QED) is 0.175. The molecule has 1 N–H and O–H groups in total. The number of pyridine rings is 1. The van der Waals surface area contributed by atoms with Gasteiger partial charge in [0.25, 0.3) is 0 Å². The Labute approximate surface area is 381 Å². The average molecular weight is 992 g/mol. The van der Waals surface area contributed by atoms with Crippen molar-refractivity contribution in [3.63, 3.8) is 0 Å². The predicted molar refractivity (Wildman–Crippen MR) is 257 cm³/mol. The van der Waals surface area contributed by atoms with Crippen LogP contribution in [0, 0.1) is 13.0 Å². The van der Waals surface area contributed by atoms with Crippen LogP contribution in [0.5, 0.6) is 5.75 Å². The summed E-state index contributed by atoms with van der Waals surface area (Å²) in [5.41, 5.74) is 15.2. The van der Waals surface area contributed by atoms with Crippen molar-refractivity contribution in [3.05, 3.63) is 168 Å². The van der Waals surface area contributed by atoms with Crippen molar-refractivity contribution in [3.8, 4) is 56.2 Å². The molecule has 0 saturated heterocycles. The van der Waals surface area contributed by atoms with Crippen LogP contribution in [0.2, 0.25) is 0 Å². The number of imidazole rings is 1. The summed E-state index contributed by atoms with van der Waals surface area (Å²) in [6.07, 6.45) is 1.88. The van der Waals surface area contributed by atoms with Crippen LogP contribution in [0.1, 0.15) is 84.6 Å². The molecule has 2 heterocycles. The molecule has 0 bridgehead atoms. The zero-order valence-corrected chi connectivity index (χ0v) is 39.7. The third kappa shape index (κ3) is 7.68. The van der Waals surface area contributed by atoms with Gasteiger partial charge in [-0.05, 0) is 109 Å². The number of benzene rings is 7. The summed E-state index contributed by atoms with van der Waals surface area (Å²) in [5.74, 6) is 0.867. The minimum absolute atomic E-state index is 0. The topological polar surface area (TPSA) is 50.9 Å². The van der Waals surface area contributed by atoms with E-state index in [1.54, 1.807) is 0 Å². The van der Waals surface area contributed by atoms with E-state index in [0.717, 1.165) is 66.6 Å². The number of hydrogen-bond acceptors (Lipinski definition) is 3. The van der Waals surface area contributed by atoms with E-state index in [9.17, 15) is 5.11 Å². The number of hydrogen-bond donors (Lipinski definition) is 1. The van der Waals surface area contributed by atoms with Crippen LogP contribution in [0.4, 0.5) is 0 Å². The molecule has 0 radical (unpaired) electrons. The van der Waals surface area contributed by atoms with E-state index in [1.807, 2.05) is 24.4 Å². The van der Waals surface area contributed by atoms with Crippen LogP contribution < -0.4 is 0 Å². The number of aromatic nitrogens is 3. The Balaban J connectivity index is 0.00000529. The largest absolute Gasteiger partial charge is 0.507 e. The van der Waals surface area contributed by atoms with Gasteiger partial charge in [-0.3, -0.25) is 9.55 Å². The monoisotopic (exact) mass is 991 g/mol. The molecule has 0 unspecified atom stereocenters. The van der Waals surface area contributed by atoms with E-state index in [0.29, 0.717) is 11.4 Å². The number of fused-ring (bicyclic) bond motifs is 3. The maximum Gasteiger partial charge on any atom is 0.148 e.